The Hall–Kier alpha value is -3.15. The van der Waals surface area contributed by atoms with E-state index in [1.165, 1.54) is 12.0 Å². The molecular formula is C26H30N4O2. The Balaban J connectivity index is 1.54. The number of benzene rings is 2. The lowest BCUT2D eigenvalue weighted by Gasteiger charge is -2.44. The van der Waals surface area contributed by atoms with Crippen LogP contribution in [0.25, 0.3) is 11.0 Å². The summed E-state index contributed by atoms with van der Waals surface area (Å²) in [6.45, 7) is 4.70. The quantitative estimate of drug-likeness (QED) is 0.674. The van der Waals surface area contributed by atoms with Crippen LogP contribution >= 0.6 is 0 Å². The Bertz CT molecular complexity index is 1160. The number of amides is 2. The minimum Gasteiger partial charge on any atom is -0.351 e. The summed E-state index contributed by atoms with van der Waals surface area (Å²) in [6.07, 6.45) is 5.53. The molecule has 0 unspecified atom stereocenters. The maximum absolute atomic E-state index is 13.7. The Morgan fingerprint density at radius 2 is 1.81 bits per heavy atom. The first kappa shape index (κ1) is 20.7. The van der Waals surface area contributed by atoms with Crippen LogP contribution in [0.4, 0.5) is 0 Å². The molecule has 2 amide bonds. The fraction of sp³-hybridized carbons (Fsp3) is 0.423. The normalized spacial score (nSPS) is 21.6. The highest BCUT2D eigenvalue weighted by atomic mass is 16.2. The Morgan fingerprint density at radius 3 is 2.56 bits per heavy atom. The van der Waals surface area contributed by atoms with E-state index in [4.69, 9.17) is 0 Å². The number of rotatable bonds is 4. The molecule has 166 valence electrons. The first-order valence-corrected chi connectivity index (χ1v) is 11.6. The second-order valence-electron chi connectivity index (χ2n) is 9.47. The van der Waals surface area contributed by atoms with Crippen LogP contribution in [0.2, 0.25) is 0 Å². The van der Waals surface area contributed by atoms with Crippen LogP contribution in [-0.2, 0) is 17.9 Å². The molecule has 1 aliphatic heterocycles. The van der Waals surface area contributed by atoms with Gasteiger partial charge in [0.1, 0.15) is 5.54 Å². The largest absolute Gasteiger partial charge is 0.351 e. The number of imidazole rings is 1. The number of hydrogen-bond acceptors (Lipinski definition) is 3. The second kappa shape index (κ2) is 8.08. The van der Waals surface area contributed by atoms with Crippen LogP contribution in [0.5, 0.6) is 0 Å². The zero-order chi connectivity index (χ0) is 22.3. The molecular weight excluding hydrogens is 400 g/mol. The van der Waals surface area contributed by atoms with Crippen LogP contribution < -0.4 is 5.32 Å². The number of hydrogen-bond donors (Lipinski definition) is 1. The van der Waals surface area contributed by atoms with E-state index in [-0.39, 0.29) is 17.9 Å². The van der Waals surface area contributed by atoms with E-state index in [1.54, 1.807) is 4.90 Å². The number of carbonyl (C=O) groups is 2. The highest BCUT2D eigenvalue weighted by Gasteiger charge is 2.48. The van der Waals surface area contributed by atoms with E-state index in [2.05, 4.69) is 10.3 Å². The fourth-order valence-electron chi connectivity index (χ4n) is 5.04. The summed E-state index contributed by atoms with van der Waals surface area (Å²) in [7, 11) is 0. The molecule has 2 aromatic carbocycles. The van der Waals surface area contributed by atoms with E-state index >= 15 is 0 Å². The molecule has 6 nitrogen and oxygen atoms in total. The van der Waals surface area contributed by atoms with E-state index in [1.807, 2.05) is 66.9 Å². The van der Waals surface area contributed by atoms with Gasteiger partial charge in [-0.25, -0.2) is 4.98 Å². The van der Waals surface area contributed by atoms with Crippen molar-refractivity contribution in [2.24, 2.45) is 0 Å². The van der Waals surface area contributed by atoms with Crippen molar-refractivity contribution in [3.05, 3.63) is 65.5 Å². The van der Waals surface area contributed by atoms with Gasteiger partial charge in [0, 0.05) is 12.6 Å². The highest BCUT2D eigenvalue weighted by molar-refractivity contribution is 6.01. The van der Waals surface area contributed by atoms with Gasteiger partial charge in [0.2, 0.25) is 5.91 Å². The third kappa shape index (κ3) is 3.57. The van der Waals surface area contributed by atoms with Crippen molar-refractivity contribution in [2.75, 3.05) is 0 Å². The number of fused-ring (bicyclic) bond motifs is 3. The molecule has 1 N–H and O–H groups in total. The zero-order valence-corrected chi connectivity index (χ0v) is 18.8. The van der Waals surface area contributed by atoms with Crippen LogP contribution in [0, 0.1) is 6.92 Å². The maximum Gasteiger partial charge on any atom is 0.291 e. The minimum absolute atomic E-state index is 0.0757. The summed E-state index contributed by atoms with van der Waals surface area (Å²) in [4.78, 5) is 33.8. The Morgan fingerprint density at radius 1 is 1.09 bits per heavy atom. The monoisotopic (exact) mass is 430 g/mol. The topological polar surface area (TPSA) is 67.2 Å². The summed E-state index contributed by atoms with van der Waals surface area (Å²) in [5.74, 6) is 0.129. The van der Waals surface area contributed by atoms with Crippen LogP contribution in [-0.4, -0.2) is 37.8 Å². The summed E-state index contributed by atoms with van der Waals surface area (Å²) >= 11 is 0. The Labute approximate surface area is 188 Å². The molecule has 0 saturated heterocycles. The first-order valence-electron chi connectivity index (χ1n) is 11.6. The van der Waals surface area contributed by atoms with Crippen molar-refractivity contribution in [3.63, 3.8) is 0 Å². The standard InChI is InChI=1S/C26H30N4O2/c1-18-12-14-19(15-13-18)16-30-24(31)23-28-21-10-6-7-11-22(21)29(23)17-26(30,2)25(32)27-20-8-4-3-5-9-20/h6-7,10-15,20H,3-5,8-9,16-17H2,1-2H3,(H,27,32)/t26-/m0/s1. The molecule has 1 aromatic heterocycles. The van der Waals surface area contributed by atoms with Crippen molar-refractivity contribution in [2.45, 2.75) is 70.6 Å². The van der Waals surface area contributed by atoms with E-state index in [0.29, 0.717) is 18.9 Å². The second-order valence-corrected chi connectivity index (χ2v) is 9.47. The number of aryl methyl sites for hydroxylation is 1. The smallest absolute Gasteiger partial charge is 0.291 e. The number of para-hydroxylation sites is 2. The van der Waals surface area contributed by atoms with E-state index < -0.39 is 5.54 Å². The molecule has 2 aliphatic rings. The average Bonchev–Trinajstić information content (AvgIpc) is 3.17. The first-order chi connectivity index (χ1) is 15.5. The van der Waals surface area contributed by atoms with Crippen molar-refractivity contribution in [3.8, 4) is 0 Å². The van der Waals surface area contributed by atoms with Crippen molar-refractivity contribution >= 4 is 22.8 Å². The van der Waals surface area contributed by atoms with Gasteiger partial charge in [0.15, 0.2) is 5.82 Å². The lowest BCUT2D eigenvalue weighted by Crippen LogP contribution is -2.64. The van der Waals surface area contributed by atoms with Gasteiger partial charge in [-0.15, -0.1) is 0 Å². The van der Waals surface area contributed by atoms with Crippen LogP contribution in [0.1, 0.15) is 60.8 Å². The molecule has 2 heterocycles. The van der Waals surface area contributed by atoms with Gasteiger partial charge in [0.25, 0.3) is 5.91 Å². The number of aromatic nitrogens is 2. The van der Waals surface area contributed by atoms with Crippen molar-refractivity contribution in [1.29, 1.82) is 0 Å². The van der Waals surface area contributed by atoms with Gasteiger partial charge in [-0.2, -0.15) is 0 Å². The molecule has 0 bridgehead atoms. The third-order valence-electron chi connectivity index (χ3n) is 7.04. The third-order valence-corrected chi connectivity index (χ3v) is 7.04. The maximum atomic E-state index is 13.7. The predicted molar refractivity (Wildman–Crippen MR) is 124 cm³/mol. The van der Waals surface area contributed by atoms with E-state index in [0.717, 1.165) is 42.3 Å². The van der Waals surface area contributed by atoms with Crippen molar-refractivity contribution in [1.82, 2.24) is 19.8 Å². The number of nitrogens with one attached hydrogen (secondary N) is 1. The molecule has 6 heteroatoms. The molecule has 0 spiro atoms. The van der Waals surface area contributed by atoms with Crippen LogP contribution in [0.15, 0.2) is 48.5 Å². The lowest BCUT2D eigenvalue weighted by atomic mass is 9.91. The minimum atomic E-state index is -1.00. The number of carbonyl (C=O) groups excluding carboxylic acids is 2. The molecule has 1 atom stereocenters. The highest BCUT2D eigenvalue weighted by Crippen LogP contribution is 2.32. The van der Waals surface area contributed by atoms with Gasteiger partial charge in [0.05, 0.1) is 17.6 Å². The van der Waals surface area contributed by atoms with Gasteiger partial charge in [-0.1, -0.05) is 61.2 Å². The average molecular weight is 431 g/mol. The zero-order valence-electron chi connectivity index (χ0n) is 18.8. The summed E-state index contributed by atoms with van der Waals surface area (Å²) in [6, 6.07) is 16.1. The van der Waals surface area contributed by atoms with Gasteiger partial charge >= 0.3 is 0 Å². The van der Waals surface area contributed by atoms with Gasteiger partial charge in [-0.05, 0) is 44.4 Å². The Kier molecular flexibility index (Phi) is 5.24. The fourth-order valence-corrected chi connectivity index (χ4v) is 5.04. The summed E-state index contributed by atoms with van der Waals surface area (Å²) in [5.41, 5.74) is 2.84. The summed E-state index contributed by atoms with van der Waals surface area (Å²) in [5, 5.41) is 3.28. The van der Waals surface area contributed by atoms with E-state index in [9.17, 15) is 9.59 Å². The molecule has 1 saturated carbocycles. The SMILES string of the molecule is Cc1ccc(CN2C(=O)c3nc4ccccc4n3C[C@@]2(C)C(=O)NC2CCCCC2)cc1. The van der Waals surface area contributed by atoms with Gasteiger partial charge < -0.3 is 14.8 Å². The lowest BCUT2D eigenvalue weighted by molar-refractivity contribution is -0.134. The molecule has 1 aliphatic carbocycles. The molecule has 3 aromatic rings. The molecule has 0 radical (unpaired) electrons. The summed E-state index contributed by atoms with van der Waals surface area (Å²) < 4.78 is 1.92. The predicted octanol–water partition coefficient (Wildman–Crippen LogP) is 4.21. The van der Waals surface area contributed by atoms with Gasteiger partial charge in [-0.3, -0.25) is 9.59 Å². The number of nitrogens with zero attached hydrogens (tertiary/aromatic N) is 3. The molecule has 5 rings (SSSR count). The molecule has 32 heavy (non-hydrogen) atoms. The molecule has 1 fully saturated rings. The van der Waals surface area contributed by atoms with Crippen LogP contribution in [0.3, 0.4) is 0 Å². The van der Waals surface area contributed by atoms with Crippen molar-refractivity contribution < 1.29 is 9.59 Å².